The maximum absolute atomic E-state index is 6.33. The predicted molar refractivity (Wildman–Crippen MR) is 87.9 cm³/mol. The Balaban J connectivity index is 2.52. The second kappa shape index (κ2) is 6.35. The van der Waals surface area contributed by atoms with E-state index < -0.39 is 0 Å². The molecule has 0 aliphatic carbocycles. The van der Waals surface area contributed by atoms with Crippen LogP contribution in [0.3, 0.4) is 0 Å². The SMILES string of the molecule is COc1cc(C)c(Br)cc1C(N)c1cc(Cl)cc(Cl)c1. The van der Waals surface area contributed by atoms with Gasteiger partial charge in [-0.3, -0.25) is 0 Å². The molecule has 0 spiro atoms. The van der Waals surface area contributed by atoms with Crippen molar-refractivity contribution in [3.05, 3.63) is 61.5 Å². The molecule has 0 amide bonds. The summed E-state index contributed by atoms with van der Waals surface area (Å²) in [6, 6.07) is 8.86. The van der Waals surface area contributed by atoms with Crippen LogP contribution in [0.1, 0.15) is 22.7 Å². The number of methoxy groups -OCH3 is 1. The second-order valence-electron chi connectivity index (χ2n) is 4.52. The van der Waals surface area contributed by atoms with Gasteiger partial charge in [-0.25, -0.2) is 0 Å². The largest absolute Gasteiger partial charge is 0.496 e. The van der Waals surface area contributed by atoms with Crippen molar-refractivity contribution in [2.45, 2.75) is 13.0 Å². The number of aryl methyl sites for hydroxylation is 1. The van der Waals surface area contributed by atoms with Crippen LogP contribution in [0, 0.1) is 6.92 Å². The van der Waals surface area contributed by atoms with Crippen molar-refractivity contribution < 1.29 is 4.74 Å². The molecule has 5 heteroatoms. The Morgan fingerprint density at radius 3 is 2.25 bits per heavy atom. The lowest BCUT2D eigenvalue weighted by atomic mass is 9.97. The summed E-state index contributed by atoms with van der Waals surface area (Å²) in [4.78, 5) is 0. The first-order valence-corrected chi connectivity index (χ1v) is 7.53. The second-order valence-corrected chi connectivity index (χ2v) is 6.25. The fraction of sp³-hybridized carbons (Fsp3) is 0.200. The number of halogens is 3. The highest BCUT2D eigenvalue weighted by Crippen LogP contribution is 2.34. The van der Waals surface area contributed by atoms with Gasteiger partial charge in [0.2, 0.25) is 0 Å². The first kappa shape index (κ1) is 15.6. The summed E-state index contributed by atoms with van der Waals surface area (Å²) < 4.78 is 6.40. The standard InChI is InChI=1S/C15H14BrCl2NO/c1-8-3-14(20-2)12(7-13(8)16)15(19)9-4-10(17)6-11(18)5-9/h3-7,15H,19H2,1-2H3. The van der Waals surface area contributed by atoms with E-state index in [0.29, 0.717) is 10.0 Å². The van der Waals surface area contributed by atoms with Crippen molar-refractivity contribution in [3.8, 4) is 5.75 Å². The lowest BCUT2D eigenvalue weighted by Crippen LogP contribution is -2.13. The topological polar surface area (TPSA) is 35.2 Å². The third-order valence-corrected chi connectivity index (χ3v) is 4.38. The van der Waals surface area contributed by atoms with Crippen LogP contribution in [0.4, 0.5) is 0 Å². The molecule has 2 aromatic rings. The Kier molecular flexibility index (Phi) is 4.97. The fourth-order valence-corrected chi connectivity index (χ4v) is 2.93. The third kappa shape index (κ3) is 3.29. The minimum absolute atomic E-state index is 0.363. The van der Waals surface area contributed by atoms with Gasteiger partial charge in [0.05, 0.1) is 13.2 Å². The van der Waals surface area contributed by atoms with E-state index >= 15 is 0 Å². The van der Waals surface area contributed by atoms with Gasteiger partial charge < -0.3 is 10.5 Å². The molecule has 106 valence electrons. The highest BCUT2D eigenvalue weighted by atomic mass is 79.9. The van der Waals surface area contributed by atoms with Gasteiger partial charge in [0.15, 0.2) is 0 Å². The first-order valence-electron chi connectivity index (χ1n) is 5.98. The number of hydrogen-bond acceptors (Lipinski definition) is 2. The molecule has 0 fully saturated rings. The zero-order valence-corrected chi connectivity index (χ0v) is 14.2. The highest BCUT2D eigenvalue weighted by molar-refractivity contribution is 9.10. The average Bonchev–Trinajstić information content (AvgIpc) is 2.39. The van der Waals surface area contributed by atoms with Gasteiger partial charge in [-0.05, 0) is 48.4 Å². The molecule has 2 N–H and O–H groups in total. The molecule has 20 heavy (non-hydrogen) atoms. The maximum Gasteiger partial charge on any atom is 0.124 e. The summed E-state index contributed by atoms with van der Waals surface area (Å²) in [6.45, 7) is 2.00. The third-order valence-electron chi connectivity index (χ3n) is 3.09. The van der Waals surface area contributed by atoms with Crippen LogP contribution in [0.15, 0.2) is 34.8 Å². The van der Waals surface area contributed by atoms with E-state index in [0.717, 1.165) is 26.9 Å². The predicted octanol–water partition coefficient (Wildman–Crippen LogP) is 5.12. The summed E-state index contributed by atoms with van der Waals surface area (Å²) in [7, 11) is 1.63. The summed E-state index contributed by atoms with van der Waals surface area (Å²) in [5.41, 5.74) is 9.14. The molecule has 2 aromatic carbocycles. The molecule has 0 aromatic heterocycles. The monoisotopic (exact) mass is 373 g/mol. The molecular formula is C15H14BrCl2NO. The molecule has 2 rings (SSSR count). The fourth-order valence-electron chi connectivity index (χ4n) is 2.02. The molecule has 0 saturated carbocycles. The van der Waals surface area contributed by atoms with Gasteiger partial charge in [0.1, 0.15) is 5.75 Å². The van der Waals surface area contributed by atoms with Gasteiger partial charge in [-0.15, -0.1) is 0 Å². The molecule has 0 heterocycles. The van der Waals surface area contributed by atoms with Crippen molar-refractivity contribution in [2.75, 3.05) is 7.11 Å². The van der Waals surface area contributed by atoms with Gasteiger partial charge in [-0.2, -0.15) is 0 Å². The zero-order chi connectivity index (χ0) is 14.9. The molecular weight excluding hydrogens is 361 g/mol. The van der Waals surface area contributed by atoms with Crippen LogP contribution in [-0.4, -0.2) is 7.11 Å². The van der Waals surface area contributed by atoms with Crippen LogP contribution in [0.2, 0.25) is 10.0 Å². The van der Waals surface area contributed by atoms with Crippen LogP contribution in [0.5, 0.6) is 5.75 Å². The minimum Gasteiger partial charge on any atom is -0.496 e. The molecule has 0 aliphatic rings. The first-order chi connectivity index (χ1) is 9.42. The van der Waals surface area contributed by atoms with Crippen molar-refractivity contribution >= 4 is 39.1 Å². The van der Waals surface area contributed by atoms with E-state index in [9.17, 15) is 0 Å². The van der Waals surface area contributed by atoms with Crippen molar-refractivity contribution in [1.82, 2.24) is 0 Å². The summed E-state index contributed by atoms with van der Waals surface area (Å²) >= 11 is 15.6. The van der Waals surface area contributed by atoms with Gasteiger partial charge in [0, 0.05) is 20.1 Å². The van der Waals surface area contributed by atoms with Crippen LogP contribution in [0.25, 0.3) is 0 Å². The molecule has 0 saturated heterocycles. The highest BCUT2D eigenvalue weighted by Gasteiger charge is 2.17. The zero-order valence-electron chi connectivity index (χ0n) is 11.1. The van der Waals surface area contributed by atoms with Crippen molar-refractivity contribution in [3.63, 3.8) is 0 Å². The van der Waals surface area contributed by atoms with Gasteiger partial charge >= 0.3 is 0 Å². The van der Waals surface area contributed by atoms with Gasteiger partial charge in [-0.1, -0.05) is 39.1 Å². The molecule has 2 nitrogen and oxygen atoms in total. The molecule has 0 radical (unpaired) electrons. The van der Waals surface area contributed by atoms with E-state index in [-0.39, 0.29) is 6.04 Å². The van der Waals surface area contributed by atoms with Gasteiger partial charge in [0.25, 0.3) is 0 Å². The maximum atomic E-state index is 6.33. The summed E-state index contributed by atoms with van der Waals surface area (Å²) in [5.74, 6) is 0.745. The lowest BCUT2D eigenvalue weighted by Gasteiger charge is -2.18. The van der Waals surface area contributed by atoms with Crippen LogP contribution < -0.4 is 10.5 Å². The van der Waals surface area contributed by atoms with Crippen molar-refractivity contribution in [2.24, 2.45) is 5.73 Å². The van der Waals surface area contributed by atoms with E-state index in [4.69, 9.17) is 33.7 Å². The smallest absolute Gasteiger partial charge is 0.124 e. The Morgan fingerprint density at radius 2 is 1.70 bits per heavy atom. The summed E-state index contributed by atoms with van der Waals surface area (Å²) in [6.07, 6.45) is 0. The number of ether oxygens (including phenoxy) is 1. The normalized spacial score (nSPS) is 12.3. The van der Waals surface area contributed by atoms with Crippen LogP contribution in [-0.2, 0) is 0 Å². The Labute approximate surface area is 137 Å². The molecule has 1 unspecified atom stereocenters. The lowest BCUT2D eigenvalue weighted by molar-refractivity contribution is 0.407. The number of nitrogens with two attached hydrogens (primary N) is 1. The minimum atomic E-state index is -0.363. The molecule has 0 aliphatic heterocycles. The van der Waals surface area contributed by atoms with Crippen molar-refractivity contribution in [1.29, 1.82) is 0 Å². The van der Waals surface area contributed by atoms with E-state index in [1.165, 1.54) is 0 Å². The van der Waals surface area contributed by atoms with E-state index in [2.05, 4.69) is 15.9 Å². The summed E-state index contributed by atoms with van der Waals surface area (Å²) in [5, 5.41) is 1.13. The molecule has 0 bridgehead atoms. The van der Waals surface area contributed by atoms with Crippen LogP contribution >= 0.6 is 39.1 Å². The number of hydrogen-bond donors (Lipinski definition) is 1. The quantitative estimate of drug-likeness (QED) is 0.808. The van der Waals surface area contributed by atoms with E-state index in [1.807, 2.05) is 31.2 Å². The Morgan fingerprint density at radius 1 is 1.10 bits per heavy atom. The Hall–Kier alpha value is -0.740. The van der Waals surface area contributed by atoms with E-state index in [1.54, 1.807) is 13.2 Å². The Bertz CT molecular complexity index is 626. The molecule has 1 atom stereocenters. The number of rotatable bonds is 3. The average molecular weight is 375 g/mol. The number of benzene rings is 2.